The number of hydrogen-bond acceptors (Lipinski definition) is 4. The van der Waals surface area contributed by atoms with Gasteiger partial charge in [-0.2, -0.15) is 0 Å². The van der Waals surface area contributed by atoms with Crippen molar-refractivity contribution in [3.63, 3.8) is 0 Å². The molecule has 1 saturated carbocycles. The molecule has 3 atom stereocenters. The van der Waals surface area contributed by atoms with Gasteiger partial charge >= 0.3 is 0 Å². The summed E-state index contributed by atoms with van der Waals surface area (Å²) < 4.78 is 27.6. The topological polar surface area (TPSA) is 71.4 Å². The van der Waals surface area contributed by atoms with Crippen LogP contribution in [0.15, 0.2) is 89.3 Å². The SMILES string of the molecule is CC1=C(C(=O)Nc2ccc(F)cc2F)[C@H](c2cccnc2)[C@@H]2C(=O)C[C@H](c3ccccc3)CC2=N1. The molecule has 3 aromatic rings. The van der Waals surface area contributed by atoms with Crippen molar-refractivity contribution in [1.82, 2.24) is 4.98 Å². The number of Topliss-reactive ketones (excluding diaryl/α,β-unsaturated/α-hetero) is 1. The van der Waals surface area contributed by atoms with Gasteiger partial charge in [0.25, 0.3) is 5.91 Å². The van der Waals surface area contributed by atoms with E-state index in [1.165, 1.54) is 6.07 Å². The first-order valence-corrected chi connectivity index (χ1v) is 11.4. The molecule has 1 aromatic heterocycles. The summed E-state index contributed by atoms with van der Waals surface area (Å²) >= 11 is 0. The van der Waals surface area contributed by atoms with Gasteiger partial charge in [-0.05, 0) is 48.6 Å². The number of nitrogens with one attached hydrogen (secondary N) is 1. The highest BCUT2D eigenvalue weighted by molar-refractivity contribution is 6.14. The van der Waals surface area contributed by atoms with Gasteiger partial charge in [-0.1, -0.05) is 36.4 Å². The Morgan fingerprint density at radius 2 is 1.74 bits per heavy atom. The van der Waals surface area contributed by atoms with Gasteiger partial charge in [0.2, 0.25) is 0 Å². The summed E-state index contributed by atoms with van der Waals surface area (Å²) in [5.74, 6) is -3.40. The van der Waals surface area contributed by atoms with Crippen molar-refractivity contribution in [3.8, 4) is 0 Å². The molecule has 0 radical (unpaired) electrons. The standard InChI is InChI=1S/C28H23F2N3O2/c1-16-25(28(35)33-22-10-9-20(29)14-21(22)30)26(18-8-5-11-31-15-18)27-23(32-16)12-19(13-24(27)34)17-6-3-2-4-7-17/h2-11,14-15,19,26-27H,12-13H2,1H3,(H,33,35)/t19-,26+,27+/m1/s1. The third-order valence-electron chi connectivity index (χ3n) is 6.69. The molecule has 1 fully saturated rings. The molecule has 0 unspecified atom stereocenters. The van der Waals surface area contributed by atoms with Crippen molar-refractivity contribution < 1.29 is 18.4 Å². The molecule has 5 nitrogen and oxygen atoms in total. The summed E-state index contributed by atoms with van der Waals surface area (Å²) in [5.41, 5.74) is 3.13. The van der Waals surface area contributed by atoms with Crippen molar-refractivity contribution in [2.45, 2.75) is 31.6 Å². The highest BCUT2D eigenvalue weighted by Crippen LogP contribution is 2.45. The number of fused-ring (bicyclic) bond motifs is 1. The monoisotopic (exact) mass is 471 g/mol. The number of hydrogen-bond donors (Lipinski definition) is 1. The van der Waals surface area contributed by atoms with E-state index in [-0.39, 0.29) is 23.0 Å². The van der Waals surface area contributed by atoms with Crippen molar-refractivity contribution >= 4 is 23.1 Å². The predicted octanol–water partition coefficient (Wildman–Crippen LogP) is 5.57. The van der Waals surface area contributed by atoms with Gasteiger partial charge in [0.15, 0.2) is 0 Å². The van der Waals surface area contributed by atoms with Gasteiger partial charge < -0.3 is 5.32 Å². The van der Waals surface area contributed by atoms with E-state index < -0.39 is 29.4 Å². The second-order valence-corrected chi connectivity index (χ2v) is 8.90. The van der Waals surface area contributed by atoms with E-state index in [1.54, 1.807) is 25.4 Å². The van der Waals surface area contributed by atoms with E-state index in [9.17, 15) is 18.4 Å². The van der Waals surface area contributed by atoms with Crippen LogP contribution >= 0.6 is 0 Å². The van der Waals surface area contributed by atoms with E-state index in [0.29, 0.717) is 30.2 Å². The van der Waals surface area contributed by atoms with Gasteiger partial charge in [0, 0.05) is 47.8 Å². The number of carbonyl (C=O) groups is 2. The summed E-state index contributed by atoms with van der Waals surface area (Å²) in [7, 11) is 0. The number of rotatable bonds is 4. The number of halogens is 2. The average molecular weight is 472 g/mol. The van der Waals surface area contributed by atoms with Gasteiger partial charge in [0.1, 0.15) is 17.4 Å². The molecule has 2 heterocycles. The van der Waals surface area contributed by atoms with E-state index in [2.05, 4.69) is 10.3 Å². The largest absolute Gasteiger partial charge is 0.320 e. The Hall–Kier alpha value is -4.00. The lowest BCUT2D eigenvalue weighted by atomic mass is 9.66. The fourth-order valence-electron chi connectivity index (χ4n) is 5.13. The summed E-state index contributed by atoms with van der Waals surface area (Å²) in [6.07, 6.45) is 4.21. The van der Waals surface area contributed by atoms with Crippen molar-refractivity contribution in [2.24, 2.45) is 10.9 Å². The predicted molar refractivity (Wildman–Crippen MR) is 129 cm³/mol. The third kappa shape index (κ3) is 4.41. The minimum Gasteiger partial charge on any atom is -0.320 e. The van der Waals surface area contributed by atoms with Crippen molar-refractivity contribution in [2.75, 3.05) is 5.32 Å². The zero-order valence-corrected chi connectivity index (χ0v) is 19.0. The molecular weight excluding hydrogens is 448 g/mol. The number of amides is 1. The summed E-state index contributed by atoms with van der Waals surface area (Å²) in [6, 6.07) is 16.4. The molecule has 0 bridgehead atoms. The molecule has 1 aliphatic heterocycles. The lowest BCUT2D eigenvalue weighted by Crippen LogP contribution is -2.41. The second-order valence-electron chi connectivity index (χ2n) is 8.90. The number of pyridine rings is 1. The fraction of sp³-hybridized carbons (Fsp3) is 0.214. The average Bonchev–Trinajstić information content (AvgIpc) is 2.85. The van der Waals surface area contributed by atoms with Crippen LogP contribution in [0.4, 0.5) is 14.5 Å². The fourth-order valence-corrected chi connectivity index (χ4v) is 5.13. The Balaban J connectivity index is 1.56. The van der Waals surface area contributed by atoms with Crippen LogP contribution in [-0.2, 0) is 9.59 Å². The van der Waals surface area contributed by atoms with Gasteiger partial charge in [-0.25, -0.2) is 8.78 Å². The number of aromatic nitrogens is 1. The number of ketones is 1. The molecule has 176 valence electrons. The van der Waals surface area contributed by atoms with Crippen LogP contribution in [0, 0.1) is 17.6 Å². The Morgan fingerprint density at radius 1 is 0.971 bits per heavy atom. The maximum atomic E-state index is 14.3. The normalized spacial score (nSPS) is 21.9. The van der Waals surface area contributed by atoms with Gasteiger partial charge in [-0.15, -0.1) is 0 Å². The first-order chi connectivity index (χ1) is 16.9. The quantitative estimate of drug-likeness (QED) is 0.541. The lowest BCUT2D eigenvalue weighted by Gasteiger charge is -2.38. The lowest BCUT2D eigenvalue weighted by molar-refractivity contribution is -0.122. The Morgan fingerprint density at radius 3 is 2.46 bits per heavy atom. The number of nitrogens with zero attached hydrogens (tertiary/aromatic N) is 2. The zero-order valence-electron chi connectivity index (χ0n) is 19.0. The minimum absolute atomic E-state index is 0.00321. The second kappa shape index (κ2) is 9.33. The Kier molecular flexibility index (Phi) is 6.07. The van der Waals surface area contributed by atoms with Crippen LogP contribution in [0.25, 0.3) is 0 Å². The number of allylic oxidation sites excluding steroid dienone is 1. The number of anilines is 1. The number of benzene rings is 2. The van der Waals surface area contributed by atoms with Crippen LogP contribution in [0.5, 0.6) is 0 Å². The van der Waals surface area contributed by atoms with E-state index in [1.807, 2.05) is 36.4 Å². The highest BCUT2D eigenvalue weighted by Gasteiger charge is 2.45. The molecule has 5 rings (SSSR count). The Bertz CT molecular complexity index is 1350. The molecular formula is C28H23F2N3O2. The van der Waals surface area contributed by atoms with Crippen LogP contribution in [-0.4, -0.2) is 22.4 Å². The molecule has 1 amide bonds. The summed E-state index contributed by atoms with van der Waals surface area (Å²) in [6.45, 7) is 1.72. The maximum absolute atomic E-state index is 14.3. The minimum atomic E-state index is -0.881. The third-order valence-corrected chi connectivity index (χ3v) is 6.69. The molecule has 2 aromatic carbocycles. The molecule has 2 aliphatic rings. The summed E-state index contributed by atoms with van der Waals surface area (Å²) in [5, 5.41) is 2.54. The zero-order chi connectivity index (χ0) is 24.5. The van der Waals surface area contributed by atoms with Crippen LogP contribution < -0.4 is 5.32 Å². The first kappa shape index (κ1) is 22.8. The molecule has 1 N–H and O–H groups in total. The molecule has 7 heteroatoms. The number of aliphatic imine (C=N–C) groups is 1. The van der Waals surface area contributed by atoms with E-state index >= 15 is 0 Å². The van der Waals surface area contributed by atoms with Gasteiger partial charge in [-0.3, -0.25) is 19.6 Å². The maximum Gasteiger partial charge on any atom is 0.254 e. The van der Waals surface area contributed by atoms with Crippen LogP contribution in [0.3, 0.4) is 0 Å². The van der Waals surface area contributed by atoms with Crippen molar-refractivity contribution in [1.29, 1.82) is 0 Å². The van der Waals surface area contributed by atoms with Crippen molar-refractivity contribution in [3.05, 3.63) is 107 Å². The van der Waals surface area contributed by atoms with Crippen LogP contribution in [0.2, 0.25) is 0 Å². The van der Waals surface area contributed by atoms with E-state index in [4.69, 9.17) is 4.99 Å². The van der Waals surface area contributed by atoms with E-state index in [0.717, 1.165) is 17.3 Å². The first-order valence-electron chi connectivity index (χ1n) is 11.4. The molecule has 0 saturated heterocycles. The smallest absolute Gasteiger partial charge is 0.254 e. The van der Waals surface area contributed by atoms with Gasteiger partial charge in [0.05, 0.1) is 11.6 Å². The summed E-state index contributed by atoms with van der Waals surface area (Å²) in [4.78, 5) is 35.9. The number of carbonyl (C=O) groups excluding carboxylic acids is 2. The highest BCUT2D eigenvalue weighted by atomic mass is 19.1. The Labute approximate surface area is 201 Å². The molecule has 35 heavy (non-hydrogen) atoms. The molecule has 0 spiro atoms. The van der Waals surface area contributed by atoms with Crippen LogP contribution in [0.1, 0.15) is 42.7 Å². The molecule has 1 aliphatic carbocycles.